The second kappa shape index (κ2) is 8.71. The van der Waals surface area contributed by atoms with E-state index < -0.39 is 0 Å². The zero-order valence-electron chi connectivity index (χ0n) is 12.5. The molecule has 0 fully saturated rings. The summed E-state index contributed by atoms with van der Waals surface area (Å²) in [6.07, 6.45) is 6.21. The van der Waals surface area contributed by atoms with Gasteiger partial charge in [-0.3, -0.25) is 0 Å². The Morgan fingerprint density at radius 3 is 2.39 bits per heavy atom. The monoisotopic (exact) mass is 267 g/mol. The van der Waals surface area contributed by atoms with Crippen LogP contribution < -0.4 is 5.32 Å². The van der Waals surface area contributed by atoms with Gasteiger partial charge < -0.3 is 5.32 Å². The lowest BCUT2D eigenvalue weighted by atomic mass is 9.93. The van der Waals surface area contributed by atoms with Gasteiger partial charge in [0.25, 0.3) is 0 Å². The van der Waals surface area contributed by atoms with Crippen molar-refractivity contribution in [3.8, 4) is 0 Å². The Hall–Kier alpha value is -0.340. The second-order valence-electron chi connectivity index (χ2n) is 5.25. The molecule has 0 radical (unpaired) electrons. The van der Waals surface area contributed by atoms with E-state index in [-0.39, 0.29) is 0 Å². The molecular formula is C16H29NS. The van der Waals surface area contributed by atoms with Gasteiger partial charge in [0, 0.05) is 15.8 Å². The lowest BCUT2D eigenvalue weighted by Gasteiger charge is -2.24. The summed E-state index contributed by atoms with van der Waals surface area (Å²) in [4.78, 5) is 3.06. The molecule has 1 aromatic heterocycles. The van der Waals surface area contributed by atoms with Crippen molar-refractivity contribution in [1.82, 2.24) is 5.32 Å². The van der Waals surface area contributed by atoms with Crippen LogP contribution in [0.3, 0.4) is 0 Å². The summed E-state index contributed by atoms with van der Waals surface area (Å²) < 4.78 is 0. The van der Waals surface area contributed by atoms with Gasteiger partial charge in [0.15, 0.2) is 0 Å². The number of rotatable bonds is 9. The zero-order valence-corrected chi connectivity index (χ0v) is 13.3. The molecular weight excluding hydrogens is 238 g/mol. The molecule has 2 atom stereocenters. The van der Waals surface area contributed by atoms with Crippen molar-refractivity contribution >= 4 is 11.3 Å². The fraction of sp³-hybridized carbons (Fsp3) is 0.750. The highest BCUT2D eigenvalue weighted by atomic mass is 32.1. The molecule has 1 heterocycles. The van der Waals surface area contributed by atoms with Gasteiger partial charge in [-0.2, -0.15) is 0 Å². The van der Waals surface area contributed by atoms with Crippen molar-refractivity contribution in [2.24, 2.45) is 5.92 Å². The number of hydrogen-bond acceptors (Lipinski definition) is 2. The largest absolute Gasteiger partial charge is 0.313 e. The summed E-state index contributed by atoms with van der Waals surface area (Å²) in [6.45, 7) is 10.3. The highest BCUT2D eigenvalue weighted by molar-refractivity contribution is 7.11. The summed E-state index contributed by atoms with van der Waals surface area (Å²) >= 11 is 1.99. The van der Waals surface area contributed by atoms with Crippen molar-refractivity contribution in [3.05, 3.63) is 21.9 Å². The Bertz CT molecular complexity index is 319. The van der Waals surface area contributed by atoms with Gasteiger partial charge in [-0.1, -0.05) is 34.1 Å². The van der Waals surface area contributed by atoms with Gasteiger partial charge in [0.2, 0.25) is 0 Å². The molecule has 0 bridgehead atoms. The molecule has 0 aromatic carbocycles. The molecule has 0 saturated heterocycles. The van der Waals surface area contributed by atoms with Crippen LogP contribution in [0.1, 0.15) is 56.7 Å². The topological polar surface area (TPSA) is 12.0 Å². The zero-order chi connectivity index (χ0) is 13.4. The third-order valence-corrected chi connectivity index (χ3v) is 4.83. The highest BCUT2D eigenvalue weighted by Gasteiger charge is 2.17. The maximum absolute atomic E-state index is 3.74. The van der Waals surface area contributed by atoms with Crippen LogP contribution >= 0.6 is 11.3 Å². The van der Waals surface area contributed by atoms with Gasteiger partial charge in [0.05, 0.1) is 0 Å². The lowest BCUT2D eigenvalue weighted by Crippen LogP contribution is -2.37. The molecule has 0 saturated carbocycles. The van der Waals surface area contributed by atoms with Crippen LogP contribution in [0, 0.1) is 5.92 Å². The van der Waals surface area contributed by atoms with Crippen LogP contribution in [-0.4, -0.2) is 12.6 Å². The van der Waals surface area contributed by atoms with E-state index in [1.165, 1.54) is 37.0 Å². The highest BCUT2D eigenvalue weighted by Crippen LogP contribution is 2.22. The van der Waals surface area contributed by atoms with E-state index in [1.54, 1.807) is 4.88 Å². The van der Waals surface area contributed by atoms with E-state index in [1.807, 2.05) is 11.3 Å². The number of thiophene rings is 1. The first-order valence-electron chi connectivity index (χ1n) is 7.52. The molecule has 0 aliphatic rings. The first-order chi connectivity index (χ1) is 8.71. The average Bonchev–Trinajstić information content (AvgIpc) is 2.82. The fourth-order valence-corrected chi connectivity index (χ4v) is 3.42. The number of hydrogen-bond donors (Lipinski definition) is 1. The van der Waals surface area contributed by atoms with Crippen molar-refractivity contribution in [2.75, 3.05) is 6.54 Å². The van der Waals surface area contributed by atoms with Crippen LogP contribution in [0.25, 0.3) is 0 Å². The maximum Gasteiger partial charge on any atom is 0.0141 e. The number of nitrogens with one attached hydrogen (secondary N) is 1. The summed E-state index contributed by atoms with van der Waals surface area (Å²) in [5.41, 5.74) is 0. The molecule has 1 aromatic rings. The number of aryl methyl sites for hydroxylation is 1. The van der Waals surface area contributed by atoms with Crippen molar-refractivity contribution in [2.45, 2.75) is 65.8 Å². The normalized spacial score (nSPS) is 14.7. The van der Waals surface area contributed by atoms with E-state index in [0.717, 1.165) is 12.5 Å². The summed E-state index contributed by atoms with van der Waals surface area (Å²) in [6, 6.07) is 5.26. The van der Waals surface area contributed by atoms with Gasteiger partial charge in [-0.15, -0.1) is 11.3 Å². The average molecular weight is 267 g/mol. The predicted octanol–water partition coefficient (Wildman–Crippen LogP) is 4.66. The quantitative estimate of drug-likeness (QED) is 0.686. The summed E-state index contributed by atoms with van der Waals surface area (Å²) in [5.74, 6) is 0.772. The van der Waals surface area contributed by atoms with E-state index in [9.17, 15) is 0 Å². The van der Waals surface area contributed by atoms with Crippen molar-refractivity contribution in [1.29, 1.82) is 0 Å². The molecule has 2 unspecified atom stereocenters. The van der Waals surface area contributed by atoms with Crippen LogP contribution in [0.4, 0.5) is 0 Å². The third-order valence-electron chi connectivity index (χ3n) is 3.57. The predicted molar refractivity (Wildman–Crippen MR) is 83.6 cm³/mol. The second-order valence-corrected chi connectivity index (χ2v) is 6.51. The third kappa shape index (κ3) is 5.11. The lowest BCUT2D eigenvalue weighted by molar-refractivity contribution is 0.354. The standard InChI is InChI=1S/C16H29NS/c1-5-8-13(4)16(17-11-6-2)12-15-10-9-14(7-3)18-15/h9-10,13,16-17H,5-8,11-12H2,1-4H3. The Morgan fingerprint density at radius 2 is 1.83 bits per heavy atom. The first kappa shape index (κ1) is 15.7. The van der Waals surface area contributed by atoms with Gasteiger partial charge in [-0.25, -0.2) is 0 Å². The minimum Gasteiger partial charge on any atom is -0.313 e. The van der Waals surface area contributed by atoms with E-state index in [0.29, 0.717) is 6.04 Å². The Kier molecular flexibility index (Phi) is 7.60. The maximum atomic E-state index is 3.74. The Balaban J connectivity index is 2.58. The molecule has 1 rings (SSSR count). The molecule has 1 nitrogen and oxygen atoms in total. The molecule has 0 aliphatic heterocycles. The van der Waals surface area contributed by atoms with Crippen LogP contribution in [0.2, 0.25) is 0 Å². The molecule has 2 heteroatoms. The Labute approximate surface area is 117 Å². The van der Waals surface area contributed by atoms with Crippen LogP contribution in [0.5, 0.6) is 0 Å². The SMILES string of the molecule is CCCNC(Cc1ccc(CC)s1)C(C)CCC. The minimum atomic E-state index is 0.647. The molecule has 104 valence electrons. The van der Waals surface area contributed by atoms with Crippen LogP contribution in [0.15, 0.2) is 12.1 Å². The van der Waals surface area contributed by atoms with E-state index in [2.05, 4.69) is 45.1 Å². The Morgan fingerprint density at radius 1 is 1.11 bits per heavy atom. The first-order valence-corrected chi connectivity index (χ1v) is 8.33. The molecule has 0 spiro atoms. The smallest absolute Gasteiger partial charge is 0.0141 e. The van der Waals surface area contributed by atoms with Crippen LogP contribution in [-0.2, 0) is 12.8 Å². The van der Waals surface area contributed by atoms with E-state index >= 15 is 0 Å². The summed E-state index contributed by atoms with van der Waals surface area (Å²) in [5, 5.41) is 3.74. The molecule has 0 aliphatic carbocycles. The summed E-state index contributed by atoms with van der Waals surface area (Å²) in [7, 11) is 0. The molecule has 18 heavy (non-hydrogen) atoms. The minimum absolute atomic E-state index is 0.647. The van der Waals surface area contributed by atoms with Crippen molar-refractivity contribution < 1.29 is 0 Å². The van der Waals surface area contributed by atoms with Gasteiger partial charge in [-0.05, 0) is 50.3 Å². The van der Waals surface area contributed by atoms with Crippen molar-refractivity contribution in [3.63, 3.8) is 0 Å². The van der Waals surface area contributed by atoms with Gasteiger partial charge >= 0.3 is 0 Å². The fourth-order valence-electron chi connectivity index (χ4n) is 2.40. The molecule has 0 amide bonds. The molecule has 1 N–H and O–H groups in total. The van der Waals surface area contributed by atoms with E-state index in [4.69, 9.17) is 0 Å². The van der Waals surface area contributed by atoms with Gasteiger partial charge in [0.1, 0.15) is 0 Å².